The second kappa shape index (κ2) is 8.10. The Balaban J connectivity index is 2.12. The van der Waals surface area contributed by atoms with E-state index < -0.39 is 11.8 Å². The Hall–Kier alpha value is -3.39. The van der Waals surface area contributed by atoms with Crippen molar-refractivity contribution in [2.75, 3.05) is 26.2 Å². The molecule has 7 nitrogen and oxygen atoms in total. The Morgan fingerprint density at radius 2 is 1.57 bits per heavy atom. The van der Waals surface area contributed by atoms with E-state index in [1.807, 2.05) is 6.07 Å². The molecule has 1 aliphatic heterocycles. The number of carbonyl (C=O) groups excluding carboxylic acids is 2. The van der Waals surface area contributed by atoms with Crippen LogP contribution in [-0.4, -0.2) is 38.3 Å². The molecule has 0 spiro atoms. The zero-order valence-corrected chi connectivity index (χ0v) is 16.3. The number of thiocarbonyl (C=S) groups is 1. The molecule has 1 heterocycles. The first-order chi connectivity index (χ1) is 13.5. The quantitative estimate of drug-likeness (QED) is 0.474. The SMILES string of the molecule is COc1cc(OC)c(C=C2C(=O)NC(=S)N(c3ccccc3)C2=O)c(OC)c1. The van der Waals surface area contributed by atoms with E-state index in [1.165, 1.54) is 32.3 Å². The van der Waals surface area contributed by atoms with Crippen LogP contribution in [-0.2, 0) is 9.59 Å². The number of para-hydroxylation sites is 1. The second-order valence-corrected chi connectivity index (χ2v) is 6.13. The molecule has 2 aromatic rings. The van der Waals surface area contributed by atoms with Crippen LogP contribution in [0.25, 0.3) is 6.08 Å². The summed E-state index contributed by atoms with van der Waals surface area (Å²) in [6, 6.07) is 12.1. The molecule has 0 unspecified atom stereocenters. The number of carbonyl (C=O) groups is 2. The summed E-state index contributed by atoms with van der Waals surface area (Å²) < 4.78 is 16.0. The number of ether oxygens (including phenoxy) is 3. The van der Waals surface area contributed by atoms with Crippen molar-refractivity contribution in [2.24, 2.45) is 0 Å². The maximum absolute atomic E-state index is 13.1. The van der Waals surface area contributed by atoms with Gasteiger partial charge in [0.2, 0.25) is 0 Å². The van der Waals surface area contributed by atoms with Crippen molar-refractivity contribution in [3.8, 4) is 17.2 Å². The number of anilines is 1. The number of rotatable bonds is 5. The summed E-state index contributed by atoms with van der Waals surface area (Å²) in [6.45, 7) is 0. The minimum atomic E-state index is -0.595. The van der Waals surface area contributed by atoms with Crippen LogP contribution >= 0.6 is 12.2 Å². The van der Waals surface area contributed by atoms with Gasteiger partial charge in [0.15, 0.2) is 5.11 Å². The van der Waals surface area contributed by atoms with Crippen molar-refractivity contribution in [3.63, 3.8) is 0 Å². The van der Waals surface area contributed by atoms with Gasteiger partial charge in [-0.25, -0.2) is 0 Å². The van der Waals surface area contributed by atoms with Crippen LogP contribution in [0.2, 0.25) is 0 Å². The fraction of sp³-hybridized carbons (Fsp3) is 0.150. The van der Waals surface area contributed by atoms with Gasteiger partial charge in [0.05, 0.1) is 32.6 Å². The van der Waals surface area contributed by atoms with E-state index in [0.717, 1.165) is 0 Å². The lowest BCUT2D eigenvalue weighted by Gasteiger charge is -2.29. The maximum atomic E-state index is 13.1. The first kappa shape index (κ1) is 19.4. The Bertz CT molecular complexity index is 947. The van der Waals surface area contributed by atoms with Crippen LogP contribution in [0.15, 0.2) is 48.0 Å². The topological polar surface area (TPSA) is 77.1 Å². The molecule has 0 atom stereocenters. The van der Waals surface area contributed by atoms with Gasteiger partial charge in [-0.3, -0.25) is 19.8 Å². The van der Waals surface area contributed by atoms with Gasteiger partial charge in [-0.15, -0.1) is 0 Å². The standard InChI is InChI=1S/C20H18N2O5S/c1-25-13-9-16(26-2)14(17(10-13)27-3)11-15-18(23)21-20(28)22(19(15)24)12-7-5-4-6-8-12/h4-11H,1-3H3,(H,21,23,28). The minimum absolute atomic E-state index is 0.0204. The Morgan fingerprint density at radius 1 is 0.964 bits per heavy atom. The monoisotopic (exact) mass is 398 g/mol. The Kier molecular flexibility index (Phi) is 5.60. The third-order valence-corrected chi connectivity index (χ3v) is 4.44. The molecule has 28 heavy (non-hydrogen) atoms. The molecule has 1 saturated heterocycles. The normalized spacial score (nSPS) is 15.5. The molecule has 1 aliphatic rings. The highest BCUT2D eigenvalue weighted by atomic mass is 32.1. The molecule has 0 bridgehead atoms. The fourth-order valence-corrected chi connectivity index (χ4v) is 3.07. The third-order valence-electron chi connectivity index (χ3n) is 4.16. The van der Waals surface area contributed by atoms with E-state index in [2.05, 4.69) is 5.32 Å². The molecular weight excluding hydrogens is 380 g/mol. The number of hydrogen-bond donors (Lipinski definition) is 1. The molecule has 1 fully saturated rings. The Labute approximate surface area is 167 Å². The van der Waals surface area contributed by atoms with Crippen molar-refractivity contribution in [3.05, 3.63) is 53.6 Å². The van der Waals surface area contributed by atoms with Crippen LogP contribution in [0.3, 0.4) is 0 Å². The van der Waals surface area contributed by atoms with Gasteiger partial charge >= 0.3 is 0 Å². The van der Waals surface area contributed by atoms with Gasteiger partial charge in [-0.2, -0.15) is 0 Å². The zero-order chi connectivity index (χ0) is 20.3. The first-order valence-electron chi connectivity index (χ1n) is 8.26. The average molecular weight is 398 g/mol. The van der Waals surface area contributed by atoms with Crippen molar-refractivity contribution < 1.29 is 23.8 Å². The highest BCUT2D eigenvalue weighted by Gasteiger charge is 2.35. The highest BCUT2D eigenvalue weighted by Crippen LogP contribution is 2.36. The molecule has 0 radical (unpaired) electrons. The van der Waals surface area contributed by atoms with Crippen LogP contribution in [0.4, 0.5) is 5.69 Å². The van der Waals surface area contributed by atoms with E-state index in [0.29, 0.717) is 28.5 Å². The van der Waals surface area contributed by atoms with Gasteiger partial charge in [-0.05, 0) is 30.4 Å². The maximum Gasteiger partial charge on any atom is 0.270 e. The van der Waals surface area contributed by atoms with Crippen molar-refractivity contribution >= 4 is 40.9 Å². The van der Waals surface area contributed by atoms with E-state index in [9.17, 15) is 9.59 Å². The van der Waals surface area contributed by atoms with Crippen LogP contribution in [0.5, 0.6) is 17.2 Å². The molecule has 0 saturated carbocycles. The number of amides is 2. The molecule has 2 amide bonds. The minimum Gasteiger partial charge on any atom is -0.496 e. The van der Waals surface area contributed by atoms with E-state index in [1.54, 1.807) is 36.4 Å². The second-order valence-electron chi connectivity index (χ2n) is 5.74. The predicted molar refractivity (Wildman–Crippen MR) is 109 cm³/mol. The molecule has 0 aromatic heterocycles. The molecule has 3 rings (SSSR count). The van der Waals surface area contributed by atoms with Crippen molar-refractivity contribution in [1.82, 2.24) is 5.32 Å². The summed E-state index contributed by atoms with van der Waals surface area (Å²) in [4.78, 5) is 26.8. The summed E-state index contributed by atoms with van der Waals surface area (Å²) in [5.41, 5.74) is 0.890. The van der Waals surface area contributed by atoms with Gasteiger partial charge < -0.3 is 14.2 Å². The fourth-order valence-electron chi connectivity index (χ4n) is 2.79. The summed E-state index contributed by atoms with van der Waals surface area (Å²) >= 11 is 5.19. The number of hydrogen-bond acceptors (Lipinski definition) is 6. The lowest BCUT2D eigenvalue weighted by atomic mass is 10.0. The summed E-state index contributed by atoms with van der Waals surface area (Å²) in [5, 5.41) is 2.57. The lowest BCUT2D eigenvalue weighted by Crippen LogP contribution is -2.54. The van der Waals surface area contributed by atoms with Gasteiger partial charge in [-0.1, -0.05) is 18.2 Å². The van der Waals surface area contributed by atoms with E-state index in [4.69, 9.17) is 26.4 Å². The zero-order valence-electron chi connectivity index (χ0n) is 15.5. The number of methoxy groups -OCH3 is 3. The smallest absolute Gasteiger partial charge is 0.270 e. The average Bonchev–Trinajstić information content (AvgIpc) is 2.71. The van der Waals surface area contributed by atoms with Crippen molar-refractivity contribution in [1.29, 1.82) is 0 Å². The molecule has 144 valence electrons. The lowest BCUT2D eigenvalue weighted by molar-refractivity contribution is -0.122. The molecule has 8 heteroatoms. The van der Waals surface area contributed by atoms with Crippen LogP contribution < -0.4 is 24.4 Å². The summed E-state index contributed by atoms with van der Waals surface area (Å²) in [6.07, 6.45) is 1.42. The van der Waals surface area contributed by atoms with E-state index >= 15 is 0 Å². The van der Waals surface area contributed by atoms with Crippen LogP contribution in [0.1, 0.15) is 5.56 Å². The highest BCUT2D eigenvalue weighted by molar-refractivity contribution is 7.80. The van der Waals surface area contributed by atoms with Gasteiger partial charge in [0, 0.05) is 12.1 Å². The van der Waals surface area contributed by atoms with Gasteiger partial charge in [0.25, 0.3) is 11.8 Å². The van der Waals surface area contributed by atoms with Crippen LogP contribution in [0, 0.1) is 0 Å². The number of benzene rings is 2. The molecular formula is C20H18N2O5S. The Morgan fingerprint density at radius 3 is 2.11 bits per heavy atom. The molecule has 0 aliphatic carbocycles. The largest absolute Gasteiger partial charge is 0.496 e. The molecule has 2 aromatic carbocycles. The predicted octanol–water partition coefficient (Wildman–Crippen LogP) is 2.54. The third kappa shape index (κ3) is 3.54. The van der Waals surface area contributed by atoms with E-state index in [-0.39, 0.29) is 10.7 Å². The summed E-state index contributed by atoms with van der Waals surface area (Å²) in [7, 11) is 4.47. The number of nitrogens with one attached hydrogen (secondary N) is 1. The van der Waals surface area contributed by atoms with Gasteiger partial charge in [0.1, 0.15) is 22.8 Å². The van der Waals surface area contributed by atoms with Crippen molar-refractivity contribution in [2.45, 2.75) is 0 Å². The summed E-state index contributed by atoms with van der Waals surface area (Å²) in [5.74, 6) is 0.164. The molecule has 1 N–H and O–H groups in total. The first-order valence-corrected chi connectivity index (χ1v) is 8.67. The number of nitrogens with zero attached hydrogens (tertiary/aromatic N) is 1.